The van der Waals surface area contributed by atoms with Crippen molar-refractivity contribution in [2.45, 2.75) is 6.54 Å². The van der Waals surface area contributed by atoms with E-state index in [0.717, 1.165) is 15.4 Å². The number of carbonyl (C=O) groups excluding carboxylic acids is 3. The molecule has 6 nitrogen and oxygen atoms in total. The Labute approximate surface area is 131 Å². The second-order valence-corrected chi connectivity index (χ2v) is 5.60. The van der Waals surface area contributed by atoms with Crippen molar-refractivity contribution >= 4 is 41.0 Å². The van der Waals surface area contributed by atoms with Crippen LogP contribution in [0.15, 0.2) is 18.2 Å². The van der Waals surface area contributed by atoms with Crippen LogP contribution < -0.4 is 0 Å². The van der Waals surface area contributed by atoms with Crippen LogP contribution in [0.1, 0.15) is 5.56 Å². The highest BCUT2D eigenvalue weighted by molar-refractivity contribution is 6.44. The summed E-state index contributed by atoms with van der Waals surface area (Å²) in [5.74, 6) is -1.63. The number of amides is 4. The molecular formula is C13H13Cl2N3O3. The quantitative estimate of drug-likeness (QED) is 0.624. The summed E-state index contributed by atoms with van der Waals surface area (Å²) in [7, 11) is 3.01. The van der Waals surface area contributed by atoms with Crippen LogP contribution in [-0.2, 0) is 16.1 Å². The highest BCUT2D eigenvalue weighted by Gasteiger charge is 2.42. The van der Waals surface area contributed by atoms with E-state index >= 15 is 0 Å². The lowest BCUT2D eigenvalue weighted by atomic mass is 10.2. The molecule has 0 aromatic heterocycles. The summed E-state index contributed by atoms with van der Waals surface area (Å²) < 4.78 is 0. The molecule has 1 heterocycles. The Morgan fingerprint density at radius 3 is 2.29 bits per heavy atom. The zero-order valence-corrected chi connectivity index (χ0v) is 13.0. The smallest absolute Gasteiger partial charge is 0.284 e. The average Bonchev–Trinajstić information content (AvgIpc) is 2.61. The van der Waals surface area contributed by atoms with Gasteiger partial charge >= 0.3 is 17.8 Å². The Morgan fingerprint density at radius 1 is 1.10 bits per heavy atom. The topological polar surface area (TPSA) is 60.9 Å². The van der Waals surface area contributed by atoms with Gasteiger partial charge in [0.05, 0.1) is 16.7 Å². The second kappa shape index (κ2) is 6.01. The molecule has 0 atom stereocenters. The second-order valence-electron chi connectivity index (χ2n) is 4.78. The van der Waals surface area contributed by atoms with Gasteiger partial charge < -0.3 is 0 Å². The number of imide groups is 2. The molecule has 0 saturated carbocycles. The monoisotopic (exact) mass is 329 g/mol. The molecule has 0 radical (unpaired) electrons. The first kappa shape index (κ1) is 15.8. The first-order chi connectivity index (χ1) is 9.81. The van der Waals surface area contributed by atoms with E-state index in [1.54, 1.807) is 30.1 Å². The minimum absolute atomic E-state index is 0.0218. The van der Waals surface area contributed by atoms with E-state index in [0.29, 0.717) is 16.6 Å². The molecule has 1 aliphatic heterocycles. The third-order valence-corrected chi connectivity index (χ3v) is 3.81. The summed E-state index contributed by atoms with van der Waals surface area (Å²) in [5.41, 5.74) is 0.880. The Hall–Kier alpha value is -1.63. The van der Waals surface area contributed by atoms with Gasteiger partial charge in [0.25, 0.3) is 0 Å². The molecule has 1 saturated heterocycles. The van der Waals surface area contributed by atoms with Gasteiger partial charge in [-0.25, -0.2) is 9.69 Å². The number of halogens is 2. The van der Waals surface area contributed by atoms with Crippen LogP contribution in [0.4, 0.5) is 4.79 Å². The molecule has 2 rings (SSSR count). The summed E-state index contributed by atoms with van der Waals surface area (Å²) in [5, 5.41) is 0.894. The van der Waals surface area contributed by atoms with Crippen LogP contribution >= 0.6 is 23.2 Å². The third-order valence-electron chi connectivity index (χ3n) is 3.07. The van der Waals surface area contributed by atoms with Crippen molar-refractivity contribution in [3.63, 3.8) is 0 Å². The van der Waals surface area contributed by atoms with E-state index in [1.165, 1.54) is 7.05 Å². The van der Waals surface area contributed by atoms with Crippen LogP contribution in [0, 0.1) is 0 Å². The Balaban J connectivity index is 2.03. The van der Waals surface area contributed by atoms with Crippen LogP contribution in [0.3, 0.4) is 0 Å². The van der Waals surface area contributed by atoms with Gasteiger partial charge in [0.15, 0.2) is 0 Å². The van der Waals surface area contributed by atoms with Gasteiger partial charge in [0, 0.05) is 13.6 Å². The van der Waals surface area contributed by atoms with E-state index in [9.17, 15) is 14.4 Å². The lowest BCUT2D eigenvalue weighted by molar-refractivity contribution is -0.143. The fourth-order valence-corrected chi connectivity index (χ4v) is 2.30. The fourth-order valence-electron chi connectivity index (χ4n) is 1.98. The highest BCUT2D eigenvalue weighted by Crippen LogP contribution is 2.23. The van der Waals surface area contributed by atoms with Crippen molar-refractivity contribution in [2.24, 2.45) is 0 Å². The van der Waals surface area contributed by atoms with Crippen LogP contribution in [0.25, 0.3) is 0 Å². The van der Waals surface area contributed by atoms with Crippen molar-refractivity contribution in [1.29, 1.82) is 0 Å². The summed E-state index contributed by atoms with van der Waals surface area (Å²) in [6, 6.07) is 4.57. The fraction of sp³-hybridized carbons (Fsp3) is 0.308. The summed E-state index contributed by atoms with van der Waals surface area (Å²) in [6.45, 7) is 0.472. The van der Waals surface area contributed by atoms with E-state index in [1.807, 2.05) is 0 Å². The molecule has 4 amide bonds. The Morgan fingerprint density at radius 2 is 1.76 bits per heavy atom. The lowest BCUT2D eigenvalue weighted by Crippen LogP contribution is -2.40. The Kier molecular flexibility index (Phi) is 4.51. The van der Waals surface area contributed by atoms with Crippen LogP contribution in [0.5, 0.6) is 0 Å². The average molecular weight is 330 g/mol. The number of hydrogen-bond donors (Lipinski definition) is 0. The minimum atomic E-state index is -0.817. The number of urea groups is 1. The zero-order valence-electron chi connectivity index (χ0n) is 11.5. The van der Waals surface area contributed by atoms with Crippen molar-refractivity contribution < 1.29 is 14.4 Å². The predicted octanol–water partition coefficient (Wildman–Crippen LogP) is 1.80. The van der Waals surface area contributed by atoms with Crippen molar-refractivity contribution in [1.82, 2.24) is 14.7 Å². The summed E-state index contributed by atoms with van der Waals surface area (Å²) in [6.07, 6.45) is 0. The maximum Gasteiger partial charge on any atom is 0.335 e. The maximum atomic E-state index is 11.8. The highest BCUT2D eigenvalue weighted by atomic mass is 35.5. The van der Waals surface area contributed by atoms with Gasteiger partial charge in [-0.05, 0) is 24.7 Å². The summed E-state index contributed by atoms with van der Waals surface area (Å²) >= 11 is 11.8. The number of likely N-dealkylation sites (N-methyl/N-ethyl adjacent to an activating group) is 1. The van der Waals surface area contributed by atoms with Gasteiger partial charge in [-0.2, -0.15) is 0 Å². The van der Waals surface area contributed by atoms with E-state index in [-0.39, 0.29) is 6.67 Å². The normalized spacial score (nSPS) is 15.6. The van der Waals surface area contributed by atoms with Crippen LogP contribution in [0.2, 0.25) is 10.0 Å². The number of hydrogen-bond acceptors (Lipinski definition) is 4. The van der Waals surface area contributed by atoms with Gasteiger partial charge in [-0.15, -0.1) is 0 Å². The third kappa shape index (κ3) is 3.18. The van der Waals surface area contributed by atoms with Crippen molar-refractivity contribution in [3.05, 3.63) is 33.8 Å². The maximum absolute atomic E-state index is 11.8. The molecule has 1 fully saturated rings. The molecule has 0 bridgehead atoms. The predicted molar refractivity (Wildman–Crippen MR) is 77.8 cm³/mol. The van der Waals surface area contributed by atoms with Gasteiger partial charge in [-0.1, -0.05) is 29.3 Å². The van der Waals surface area contributed by atoms with E-state index in [4.69, 9.17) is 23.2 Å². The molecule has 1 aliphatic rings. The largest absolute Gasteiger partial charge is 0.335 e. The number of rotatable bonds is 4. The first-order valence-corrected chi connectivity index (χ1v) is 6.83. The molecule has 21 heavy (non-hydrogen) atoms. The molecule has 0 aliphatic carbocycles. The molecule has 1 aromatic carbocycles. The van der Waals surface area contributed by atoms with E-state index < -0.39 is 17.8 Å². The van der Waals surface area contributed by atoms with Gasteiger partial charge in [-0.3, -0.25) is 19.4 Å². The Bertz CT molecular complexity index is 621. The van der Waals surface area contributed by atoms with E-state index in [2.05, 4.69) is 0 Å². The molecular weight excluding hydrogens is 317 g/mol. The number of benzene rings is 1. The molecule has 8 heteroatoms. The van der Waals surface area contributed by atoms with Crippen molar-refractivity contribution in [2.75, 3.05) is 20.8 Å². The first-order valence-electron chi connectivity index (χ1n) is 6.07. The molecule has 0 spiro atoms. The number of carbonyl (C=O) groups is 3. The summed E-state index contributed by atoms with van der Waals surface area (Å²) in [4.78, 5) is 38.3. The SMILES string of the molecule is CN(Cc1ccc(Cl)c(Cl)c1)CN1C(=O)C(=O)N(C)C1=O. The zero-order chi connectivity index (χ0) is 15.7. The molecule has 112 valence electrons. The molecule has 0 unspecified atom stereocenters. The van der Waals surface area contributed by atoms with Gasteiger partial charge in [0.2, 0.25) is 0 Å². The minimum Gasteiger partial charge on any atom is -0.284 e. The van der Waals surface area contributed by atoms with Crippen molar-refractivity contribution in [3.8, 4) is 0 Å². The number of nitrogens with zero attached hydrogens (tertiary/aromatic N) is 3. The molecule has 1 aromatic rings. The standard InChI is InChI=1S/C13H13Cl2N3O3/c1-16(6-8-3-4-9(14)10(15)5-8)7-18-12(20)11(19)17(2)13(18)21/h3-5H,6-7H2,1-2H3. The van der Waals surface area contributed by atoms with Gasteiger partial charge in [0.1, 0.15) is 0 Å². The molecule has 0 N–H and O–H groups in total. The van der Waals surface area contributed by atoms with Crippen LogP contribution in [-0.4, -0.2) is 53.3 Å². The lowest BCUT2D eigenvalue weighted by Gasteiger charge is -2.22.